The van der Waals surface area contributed by atoms with Crippen LogP contribution in [-0.2, 0) is 16.1 Å². The van der Waals surface area contributed by atoms with Crippen molar-refractivity contribution in [1.29, 1.82) is 0 Å². The van der Waals surface area contributed by atoms with E-state index in [1.54, 1.807) is 17.1 Å². The predicted molar refractivity (Wildman–Crippen MR) is 125 cm³/mol. The fourth-order valence-corrected chi connectivity index (χ4v) is 4.29. The normalized spacial score (nSPS) is 21.4. The number of aliphatic hydroxyl groups excluding tert-OH is 1. The molecule has 1 aliphatic heterocycles. The molecule has 2 amide bonds. The highest BCUT2D eigenvalue weighted by atomic mass is 16.3. The lowest BCUT2D eigenvalue weighted by Gasteiger charge is -2.34. The number of aliphatic hydroxyl groups is 1. The van der Waals surface area contributed by atoms with Crippen LogP contribution in [-0.4, -0.2) is 79.6 Å². The Labute approximate surface area is 199 Å². The first-order valence-electron chi connectivity index (χ1n) is 11.7. The van der Waals surface area contributed by atoms with Crippen LogP contribution in [0.1, 0.15) is 63.4 Å². The first kappa shape index (κ1) is 24.1. The minimum absolute atomic E-state index is 0.102. The van der Waals surface area contributed by atoms with Gasteiger partial charge in [0.2, 0.25) is 11.8 Å². The van der Waals surface area contributed by atoms with Crippen molar-refractivity contribution in [2.75, 3.05) is 25.5 Å². The summed E-state index contributed by atoms with van der Waals surface area (Å²) >= 11 is 0. The molecular weight excluding hydrogens is 436 g/mol. The van der Waals surface area contributed by atoms with Crippen LogP contribution in [0, 0.1) is 5.41 Å². The van der Waals surface area contributed by atoms with Gasteiger partial charge in [0, 0.05) is 39.2 Å². The van der Waals surface area contributed by atoms with E-state index in [4.69, 9.17) is 0 Å². The molecule has 0 bridgehead atoms. The van der Waals surface area contributed by atoms with Crippen molar-refractivity contribution in [3.05, 3.63) is 30.0 Å². The molecule has 184 valence electrons. The molecule has 11 nitrogen and oxygen atoms in total. The van der Waals surface area contributed by atoms with Gasteiger partial charge in [0.15, 0.2) is 0 Å². The van der Waals surface area contributed by atoms with Gasteiger partial charge in [-0.25, -0.2) is 9.67 Å². The van der Waals surface area contributed by atoms with Crippen molar-refractivity contribution in [3.8, 4) is 0 Å². The van der Waals surface area contributed by atoms with Crippen molar-refractivity contribution < 1.29 is 14.7 Å². The van der Waals surface area contributed by atoms with E-state index in [1.165, 1.54) is 4.90 Å². The van der Waals surface area contributed by atoms with E-state index < -0.39 is 23.6 Å². The van der Waals surface area contributed by atoms with E-state index >= 15 is 0 Å². The van der Waals surface area contributed by atoms with Crippen molar-refractivity contribution >= 4 is 17.6 Å². The highest BCUT2D eigenvalue weighted by Gasteiger charge is 2.45. The molecule has 0 radical (unpaired) electrons. The Bertz CT molecular complexity index is 1030. The van der Waals surface area contributed by atoms with Gasteiger partial charge in [-0.1, -0.05) is 26.0 Å². The predicted octanol–water partition coefficient (Wildman–Crippen LogP) is 0.877. The summed E-state index contributed by atoms with van der Waals surface area (Å²) in [5.41, 5.74) is 1.04. The van der Waals surface area contributed by atoms with Gasteiger partial charge in [-0.3, -0.25) is 14.6 Å². The van der Waals surface area contributed by atoms with Crippen LogP contribution in [0.2, 0.25) is 0 Å². The van der Waals surface area contributed by atoms with Crippen LogP contribution >= 0.6 is 0 Å². The number of anilines is 1. The van der Waals surface area contributed by atoms with Gasteiger partial charge in [0.25, 0.3) is 0 Å². The lowest BCUT2D eigenvalue weighted by atomic mass is 9.85. The molecule has 2 aromatic heterocycles. The lowest BCUT2D eigenvalue weighted by molar-refractivity contribution is -0.144. The van der Waals surface area contributed by atoms with Crippen LogP contribution in [0.25, 0.3) is 0 Å². The molecule has 4 rings (SSSR count). The molecule has 0 spiro atoms. The highest BCUT2D eigenvalue weighted by Crippen LogP contribution is 2.40. The average molecular weight is 471 g/mol. The van der Waals surface area contributed by atoms with Gasteiger partial charge in [0.1, 0.15) is 17.9 Å². The fraction of sp³-hybridized carbons (Fsp3) is 0.652. The molecule has 1 saturated heterocycles. The summed E-state index contributed by atoms with van der Waals surface area (Å²) in [5.74, 6) is 0.573. The Morgan fingerprint density at radius 3 is 2.56 bits per heavy atom. The van der Waals surface area contributed by atoms with E-state index in [2.05, 4.69) is 25.6 Å². The summed E-state index contributed by atoms with van der Waals surface area (Å²) < 4.78 is 1.62. The van der Waals surface area contributed by atoms with Gasteiger partial charge < -0.3 is 20.2 Å². The third-order valence-electron chi connectivity index (χ3n) is 6.30. The molecule has 2 unspecified atom stereocenters. The zero-order valence-electron chi connectivity index (χ0n) is 20.5. The van der Waals surface area contributed by atoms with Gasteiger partial charge in [-0.15, -0.1) is 5.10 Å². The average Bonchev–Trinajstić information content (AvgIpc) is 3.38. The molecule has 1 aliphatic carbocycles. The Hall–Kier alpha value is -3.08. The minimum Gasteiger partial charge on any atom is -0.391 e. The Morgan fingerprint density at radius 1 is 1.24 bits per heavy atom. The van der Waals surface area contributed by atoms with Gasteiger partial charge in [-0.2, -0.15) is 0 Å². The number of rotatable bonds is 7. The largest absolute Gasteiger partial charge is 0.391 e. The number of hydrogen-bond donors (Lipinski definition) is 2. The molecule has 2 aromatic rings. The van der Waals surface area contributed by atoms with Crippen LogP contribution in [0.3, 0.4) is 0 Å². The number of likely N-dealkylation sites (tertiary alicyclic amines) is 1. The van der Waals surface area contributed by atoms with Crippen LogP contribution in [0.15, 0.2) is 18.6 Å². The zero-order chi connectivity index (χ0) is 24.6. The van der Waals surface area contributed by atoms with Gasteiger partial charge >= 0.3 is 0 Å². The number of carbonyl (C=O) groups is 2. The standard InChI is InChI=1S/C23H34N8O3/c1-23(2,3)20(31-13-17(27-28-31)14-6-7-14)22(34)30-12-16(32)8-18(30)21(33)26-10-15-9-25-19(11-24-15)29(4)5/h9,11,13-14,16,18,20,32H,6-8,10,12H2,1-5H3,(H,26,33)/t16?,18?,20-/m1/s1. The smallest absolute Gasteiger partial charge is 0.248 e. The zero-order valence-corrected chi connectivity index (χ0v) is 20.5. The summed E-state index contributed by atoms with van der Waals surface area (Å²) in [4.78, 5) is 38.7. The second kappa shape index (κ2) is 9.28. The molecule has 11 heteroatoms. The summed E-state index contributed by atoms with van der Waals surface area (Å²) in [6.07, 6.45) is 6.70. The first-order valence-corrected chi connectivity index (χ1v) is 11.7. The summed E-state index contributed by atoms with van der Waals surface area (Å²) in [5, 5.41) is 21.7. The molecule has 3 atom stereocenters. The fourth-order valence-electron chi connectivity index (χ4n) is 4.29. The van der Waals surface area contributed by atoms with Crippen molar-refractivity contribution in [2.24, 2.45) is 5.41 Å². The van der Waals surface area contributed by atoms with E-state index in [1.807, 2.05) is 46.0 Å². The monoisotopic (exact) mass is 470 g/mol. The second-order valence-electron chi connectivity index (χ2n) is 10.5. The minimum atomic E-state index is -0.771. The van der Waals surface area contributed by atoms with E-state index in [9.17, 15) is 14.7 Å². The second-order valence-corrected chi connectivity index (χ2v) is 10.5. The SMILES string of the molecule is CN(C)c1cnc(CNC(=O)C2CC(O)CN2C(=O)[C@@H](n2cc(C3CC3)nn2)C(C)(C)C)cn1. The van der Waals surface area contributed by atoms with Crippen LogP contribution in [0.4, 0.5) is 5.82 Å². The van der Waals surface area contributed by atoms with Crippen LogP contribution in [0.5, 0.6) is 0 Å². The number of amides is 2. The van der Waals surface area contributed by atoms with Gasteiger partial charge in [-0.05, 0) is 18.3 Å². The third-order valence-corrected chi connectivity index (χ3v) is 6.30. The first-order chi connectivity index (χ1) is 16.0. The van der Waals surface area contributed by atoms with E-state index in [0.717, 1.165) is 24.4 Å². The Kier molecular flexibility index (Phi) is 6.57. The van der Waals surface area contributed by atoms with Gasteiger partial charge in [0.05, 0.1) is 36.4 Å². The Morgan fingerprint density at radius 2 is 1.97 bits per heavy atom. The summed E-state index contributed by atoms with van der Waals surface area (Å²) in [6, 6.07) is -1.41. The molecular formula is C23H34N8O3. The van der Waals surface area contributed by atoms with Crippen molar-refractivity contribution in [3.63, 3.8) is 0 Å². The van der Waals surface area contributed by atoms with Crippen LogP contribution < -0.4 is 10.2 Å². The lowest BCUT2D eigenvalue weighted by Crippen LogP contribution is -2.50. The maximum Gasteiger partial charge on any atom is 0.248 e. The third kappa shape index (κ3) is 5.19. The Balaban J connectivity index is 1.48. The molecule has 3 heterocycles. The summed E-state index contributed by atoms with van der Waals surface area (Å²) in [6.45, 7) is 6.18. The molecule has 2 N–H and O–H groups in total. The summed E-state index contributed by atoms with van der Waals surface area (Å²) in [7, 11) is 3.75. The van der Waals surface area contributed by atoms with Crippen molar-refractivity contribution in [1.82, 2.24) is 35.2 Å². The molecule has 0 aromatic carbocycles. The number of nitrogens with one attached hydrogen (secondary N) is 1. The number of hydrogen-bond acceptors (Lipinski definition) is 8. The van der Waals surface area contributed by atoms with E-state index in [-0.39, 0.29) is 31.3 Å². The topological polar surface area (TPSA) is 129 Å². The molecule has 2 aliphatic rings. The molecule has 2 fully saturated rings. The molecule has 34 heavy (non-hydrogen) atoms. The quantitative estimate of drug-likeness (QED) is 0.610. The number of carbonyl (C=O) groups excluding carboxylic acids is 2. The number of aromatic nitrogens is 5. The highest BCUT2D eigenvalue weighted by molar-refractivity contribution is 5.90. The molecule has 1 saturated carbocycles. The van der Waals surface area contributed by atoms with Crippen molar-refractivity contribution in [2.45, 2.75) is 70.7 Å². The van der Waals surface area contributed by atoms with E-state index in [0.29, 0.717) is 11.6 Å². The number of nitrogens with zero attached hydrogens (tertiary/aromatic N) is 7. The maximum absolute atomic E-state index is 13.7. The number of β-amino-alcohol motifs (C(OH)–C–C–N with tert-alkyl or cyclic N) is 1. The maximum atomic E-state index is 13.7.